The number of methoxy groups -OCH3 is 1. The van der Waals surface area contributed by atoms with Crippen molar-refractivity contribution in [3.05, 3.63) is 23.8 Å². The van der Waals surface area contributed by atoms with Gasteiger partial charge >= 0.3 is 0 Å². The summed E-state index contributed by atoms with van der Waals surface area (Å²) in [6, 6.07) is 5.30. The molecule has 114 valence electrons. The SMILES string of the molecule is CCS(=O)(=O)CCCOc1cc(OC)ccc1C(C)N. The third-order valence-electron chi connectivity index (χ3n) is 3.01. The van der Waals surface area contributed by atoms with Crippen LogP contribution in [0.5, 0.6) is 11.5 Å². The molecule has 0 heterocycles. The van der Waals surface area contributed by atoms with Crippen LogP contribution in [0.15, 0.2) is 18.2 Å². The lowest BCUT2D eigenvalue weighted by Crippen LogP contribution is -2.13. The summed E-state index contributed by atoms with van der Waals surface area (Å²) in [5, 5.41) is 0. The van der Waals surface area contributed by atoms with E-state index < -0.39 is 9.84 Å². The highest BCUT2D eigenvalue weighted by Gasteiger charge is 2.11. The zero-order valence-electron chi connectivity index (χ0n) is 12.3. The van der Waals surface area contributed by atoms with E-state index in [1.807, 2.05) is 19.1 Å². The molecule has 0 spiro atoms. The third kappa shape index (κ3) is 5.02. The minimum atomic E-state index is -2.94. The molecule has 2 N–H and O–H groups in total. The minimum Gasteiger partial charge on any atom is -0.497 e. The Hall–Kier alpha value is -1.27. The largest absolute Gasteiger partial charge is 0.497 e. The van der Waals surface area contributed by atoms with Gasteiger partial charge < -0.3 is 15.2 Å². The molecule has 0 amide bonds. The van der Waals surface area contributed by atoms with Crippen LogP contribution in [0.1, 0.15) is 31.9 Å². The first kappa shape index (κ1) is 16.8. The minimum absolute atomic E-state index is 0.140. The third-order valence-corrected chi connectivity index (χ3v) is 4.80. The fraction of sp³-hybridized carbons (Fsp3) is 0.571. The quantitative estimate of drug-likeness (QED) is 0.742. The van der Waals surface area contributed by atoms with Gasteiger partial charge in [-0.05, 0) is 19.4 Å². The predicted molar refractivity (Wildman–Crippen MR) is 80.0 cm³/mol. The lowest BCUT2D eigenvalue weighted by molar-refractivity contribution is 0.310. The van der Waals surface area contributed by atoms with E-state index in [-0.39, 0.29) is 17.5 Å². The van der Waals surface area contributed by atoms with E-state index in [1.165, 1.54) is 0 Å². The Morgan fingerprint density at radius 1 is 1.35 bits per heavy atom. The number of ether oxygens (including phenoxy) is 2. The zero-order valence-corrected chi connectivity index (χ0v) is 13.1. The highest BCUT2D eigenvalue weighted by atomic mass is 32.2. The van der Waals surface area contributed by atoms with Crippen molar-refractivity contribution in [2.45, 2.75) is 26.3 Å². The smallest absolute Gasteiger partial charge is 0.150 e. The summed E-state index contributed by atoms with van der Waals surface area (Å²) in [6.07, 6.45) is 0.464. The second-order valence-corrected chi connectivity index (χ2v) is 7.10. The van der Waals surface area contributed by atoms with Crippen LogP contribution in [0, 0.1) is 0 Å². The second-order valence-electron chi connectivity index (χ2n) is 4.63. The van der Waals surface area contributed by atoms with Crippen LogP contribution in [-0.4, -0.2) is 33.6 Å². The van der Waals surface area contributed by atoms with Crippen molar-refractivity contribution >= 4 is 9.84 Å². The molecule has 0 saturated carbocycles. The van der Waals surface area contributed by atoms with Crippen LogP contribution in [0.2, 0.25) is 0 Å². The van der Waals surface area contributed by atoms with Gasteiger partial charge in [-0.3, -0.25) is 0 Å². The van der Waals surface area contributed by atoms with Crippen LogP contribution in [0.4, 0.5) is 0 Å². The molecule has 0 aliphatic heterocycles. The number of benzene rings is 1. The van der Waals surface area contributed by atoms with Crippen LogP contribution in [0.25, 0.3) is 0 Å². The highest BCUT2D eigenvalue weighted by molar-refractivity contribution is 7.91. The Kier molecular flexibility index (Phi) is 6.29. The maximum atomic E-state index is 11.4. The van der Waals surface area contributed by atoms with Crippen molar-refractivity contribution in [1.82, 2.24) is 0 Å². The number of nitrogens with two attached hydrogens (primary N) is 1. The standard InChI is InChI=1S/C14H23NO4S/c1-4-20(16,17)9-5-8-19-14-10-12(18-3)6-7-13(14)11(2)15/h6-7,10-11H,4-5,8-9,15H2,1-3H3. The zero-order chi connectivity index (χ0) is 15.2. The van der Waals surface area contributed by atoms with Crippen LogP contribution in [-0.2, 0) is 9.84 Å². The molecule has 1 atom stereocenters. The van der Waals surface area contributed by atoms with Crippen molar-refractivity contribution < 1.29 is 17.9 Å². The molecule has 0 radical (unpaired) electrons. The van der Waals surface area contributed by atoms with E-state index in [2.05, 4.69) is 0 Å². The number of hydrogen-bond donors (Lipinski definition) is 1. The molecule has 0 saturated heterocycles. The van der Waals surface area contributed by atoms with Gasteiger partial charge in [0.1, 0.15) is 21.3 Å². The average molecular weight is 301 g/mol. The van der Waals surface area contributed by atoms with E-state index in [0.717, 1.165) is 5.56 Å². The molecule has 0 fully saturated rings. The van der Waals surface area contributed by atoms with Gasteiger partial charge in [-0.15, -0.1) is 0 Å². The highest BCUT2D eigenvalue weighted by Crippen LogP contribution is 2.28. The maximum absolute atomic E-state index is 11.4. The first-order valence-electron chi connectivity index (χ1n) is 6.66. The molecule has 1 rings (SSSR count). The average Bonchev–Trinajstić information content (AvgIpc) is 2.43. The Labute approximate surface area is 121 Å². The fourth-order valence-electron chi connectivity index (χ4n) is 1.75. The van der Waals surface area contributed by atoms with Gasteiger partial charge in [0.05, 0.1) is 19.5 Å². The Bertz CT molecular complexity index is 526. The van der Waals surface area contributed by atoms with Crippen LogP contribution >= 0.6 is 0 Å². The lowest BCUT2D eigenvalue weighted by Gasteiger charge is -2.15. The van der Waals surface area contributed by atoms with Crippen molar-refractivity contribution in [1.29, 1.82) is 0 Å². The molecular weight excluding hydrogens is 278 g/mol. The van der Waals surface area contributed by atoms with E-state index in [9.17, 15) is 8.42 Å². The molecule has 1 aromatic carbocycles. The molecule has 0 bridgehead atoms. The summed E-state index contributed by atoms with van der Waals surface area (Å²) in [5.74, 6) is 1.64. The molecule has 1 aromatic rings. The molecule has 6 heteroatoms. The van der Waals surface area contributed by atoms with Gasteiger partial charge in [0, 0.05) is 23.4 Å². The topological polar surface area (TPSA) is 78.6 Å². The Morgan fingerprint density at radius 2 is 2.05 bits per heavy atom. The monoisotopic (exact) mass is 301 g/mol. The Balaban J connectivity index is 2.66. The summed E-state index contributed by atoms with van der Waals surface area (Å²) in [7, 11) is -1.36. The summed E-state index contributed by atoms with van der Waals surface area (Å²) < 4.78 is 33.6. The molecular formula is C14H23NO4S. The van der Waals surface area contributed by atoms with E-state index in [1.54, 1.807) is 20.1 Å². The molecule has 20 heavy (non-hydrogen) atoms. The van der Waals surface area contributed by atoms with E-state index >= 15 is 0 Å². The number of rotatable bonds is 8. The van der Waals surface area contributed by atoms with Crippen molar-refractivity contribution in [2.24, 2.45) is 5.73 Å². The van der Waals surface area contributed by atoms with Gasteiger partial charge in [-0.25, -0.2) is 8.42 Å². The lowest BCUT2D eigenvalue weighted by atomic mass is 10.1. The molecule has 0 aliphatic carbocycles. The first-order chi connectivity index (χ1) is 9.39. The molecule has 5 nitrogen and oxygen atoms in total. The number of sulfone groups is 1. The van der Waals surface area contributed by atoms with Crippen LogP contribution in [0.3, 0.4) is 0 Å². The van der Waals surface area contributed by atoms with Gasteiger partial charge in [0.15, 0.2) is 0 Å². The summed E-state index contributed by atoms with van der Waals surface area (Å²) in [4.78, 5) is 0. The fourth-order valence-corrected chi connectivity index (χ4v) is 2.59. The molecule has 0 aromatic heterocycles. The van der Waals surface area contributed by atoms with Crippen molar-refractivity contribution in [3.8, 4) is 11.5 Å². The summed E-state index contributed by atoms with van der Waals surface area (Å²) in [6.45, 7) is 3.86. The van der Waals surface area contributed by atoms with Gasteiger partial charge in [-0.2, -0.15) is 0 Å². The second kappa shape index (κ2) is 7.50. The number of hydrogen-bond acceptors (Lipinski definition) is 5. The Morgan fingerprint density at radius 3 is 2.60 bits per heavy atom. The predicted octanol–water partition coefficient (Wildman–Crippen LogP) is 1.92. The first-order valence-corrected chi connectivity index (χ1v) is 8.48. The molecule has 1 unspecified atom stereocenters. The normalized spacial score (nSPS) is 13.0. The van der Waals surface area contributed by atoms with E-state index in [4.69, 9.17) is 15.2 Å². The van der Waals surface area contributed by atoms with Gasteiger partial charge in [-0.1, -0.05) is 13.0 Å². The molecule has 0 aliphatic rings. The van der Waals surface area contributed by atoms with Gasteiger partial charge in [0.25, 0.3) is 0 Å². The van der Waals surface area contributed by atoms with Crippen molar-refractivity contribution in [2.75, 3.05) is 25.2 Å². The van der Waals surface area contributed by atoms with E-state index in [0.29, 0.717) is 24.5 Å². The maximum Gasteiger partial charge on any atom is 0.150 e. The summed E-state index contributed by atoms with van der Waals surface area (Å²) in [5.41, 5.74) is 6.76. The van der Waals surface area contributed by atoms with Crippen LogP contribution < -0.4 is 15.2 Å². The van der Waals surface area contributed by atoms with Crippen molar-refractivity contribution in [3.63, 3.8) is 0 Å². The summed E-state index contributed by atoms with van der Waals surface area (Å²) >= 11 is 0. The van der Waals surface area contributed by atoms with Gasteiger partial charge in [0.2, 0.25) is 0 Å².